The molecule has 0 aliphatic heterocycles. The monoisotopic (exact) mass is 345 g/mol. The van der Waals surface area contributed by atoms with E-state index < -0.39 is 6.04 Å². The highest BCUT2D eigenvalue weighted by molar-refractivity contribution is 9.10. The summed E-state index contributed by atoms with van der Waals surface area (Å²) in [4.78, 5) is 4.25. The van der Waals surface area contributed by atoms with Crippen LogP contribution in [-0.2, 0) is 4.74 Å². The number of hydrogen-bond donors (Lipinski definition) is 1. The average molecular weight is 347 g/mol. The van der Waals surface area contributed by atoms with E-state index >= 15 is 0 Å². The van der Waals surface area contributed by atoms with Gasteiger partial charge in [-0.05, 0) is 35.0 Å². The van der Waals surface area contributed by atoms with Crippen LogP contribution in [0.3, 0.4) is 0 Å². The zero-order chi connectivity index (χ0) is 13.8. The standard InChI is InChI=1S/C12H13BrClN3O2/c1-2-18-6-9(15)11-16-12(19-17-11)7-4-3-5-8(13)10(7)14/h3-5,9H,2,6,15H2,1H3. The van der Waals surface area contributed by atoms with Crippen molar-refractivity contribution in [2.24, 2.45) is 5.73 Å². The molecule has 0 saturated heterocycles. The Labute approximate surface area is 124 Å². The number of hydrogen-bond acceptors (Lipinski definition) is 5. The zero-order valence-corrected chi connectivity index (χ0v) is 12.6. The maximum Gasteiger partial charge on any atom is 0.259 e. The Hall–Kier alpha value is -0.950. The predicted molar refractivity (Wildman–Crippen MR) is 75.9 cm³/mol. The van der Waals surface area contributed by atoms with Crippen LogP contribution >= 0.6 is 27.5 Å². The molecule has 0 saturated carbocycles. The summed E-state index contributed by atoms with van der Waals surface area (Å²) in [7, 11) is 0. The van der Waals surface area contributed by atoms with Gasteiger partial charge in [0.2, 0.25) is 0 Å². The smallest absolute Gasteiger partial charge is 0.259 e. The molecule has 1 aromatic carbocycles. The lowest BCUT2D eigenvalue weighted by atomic mass is 10.2. The van der Waals surface area contributed by atoms with Crippen LogP contribution in [0.1, 0.15) is 18.8 Å². The number of nitrogens with two attached hydrogens (primary N) is 1. The second-order valence-electron chi connectivity index (χ2n) is 3.83. The Bertz CT molecular complexity index is 562. The summed E-state index contributed by atoms with van der Waals surface area (Å²) in [6.07, 6.45) is 0. The van der Waals surface area contributed by atoms with Crippen LogP contribution in [0.25, 0.3) is 11.5 Å². The molecule has 0 aliphatic carbocycles. The van der Waals surface area contributed by atoms with Crippen LogP contribution in [0.2, 0.25) is 5.02 Å². The SMILES string of the molecule is CCOCC(N)c1noc(-c2cccc(Br)c2Cl)n1. The molecule has 0 spiro atoms. The van der Waals surface area contributed by atoms with Gasteiger partial charge >= 0.3 is 0 Å². The number of rotatable bonds is 5. The lowest BCUT2D eigenvalue weighted by Crippen LogP contribution is -2.18. The van der Waals surface area contributed by atoms with Gasteiger partial charge in [-0.3, -0.25) is 0 Å². The zero-order valence-electron chi connectivity index (χ0n) is 10.3. The third-order valence-corrected chi connectivity index (χ3v) is 3.75. The Morgan fingerprint density at radius 2 is 2.32 bits per heavy atom. The van der Waals surface area contributed by atoms with E-state index in [1.165, 1.54) is 0 Å². The largest absolute Gasteiger partial charge is 0.380 e. The highest BCUT2D eigenvalue weighted by Gasteiger charge is 2.17. The molecule has 2 N–H and O–H groups in total. The van der Waals surface area contributed by atoms with Gasteiger partial charge < -0.3 is 15.0 Å². The van der Waals surface area contributed by atoms with Crippen molar-refractivity contribution in [2.45, 2.75) is 13.0 Å². The normalized spacial score (nSPS) is 12.6. The molecule has 0 fully saturated rings. The molecule has 0 bridgehead atoms. The van der Waals surface area contributed by atoms with Gasteiger partial charge in [0.25, 0.3) is 5.89 Å². The van der Waals surface area contributed by atoms with Crippen LogP contribution in [0.4, 0.5) is 0 Å². The van der Waals surface area contributed by atoms with Crippen LogP contribution in [0, 0.1) is 0 Å². The van der Waals surface area contributed by atoms with Crippen molar-refractivity contribution in [1.82, 2.24) is 10.1 Å². The van der Waals surface area contributed by atoms with E-state index in [1.54, 1.807) is 6.07 Å². The van der Waals surface area contributed by atoms with E-state index in [0.29, 0.717) is 35.5 Å². The Kier molecular flexibility index (Phi) is 4.93. The summed E-state index contributed by atoms with van der Waals surface area (Å²) in [5.74, 6) is 0.743. The first-order chi connectivity index (χ1) is 9.13. The second kappa shape index (κ2) is 6.47. The Morgan fingerprint density at radius 3 is 3.05 bits per heavy atom. The van der Waals surface area contributed by atoms with Crippen LogP contribution in [-0.4, -0.2) is 23.4 Å². The molecule has 1 aromatic heterocycles. The van der Waals surface area contributed by atoms with Gasteiger partial charge in [-0.2, -0.15) is 4.98 Å². The predicted octanol–water partition coefficient (Wildman–Crippen LogP) is 3.19. The maximum atomic E-state index is 6.17. The van der Waals surface area contributed by atoms with Crippen LogP contribution < -0.4 is 5.73 Å². The maximum absolute atomic E-state index is 6.17. The molecule has 2 rings (SSSR count). The molecule has 5 nitrogen and oxygen atoms in total. The topological polar surface area (TPSA) is 74.2 Å². The van der Waals surface area contributed by atoms with E-state index in [-0.39, 0.29) is 0 Å². The molecule has 0 aliphatic rings. The second-order valence-corrected chi connectivity index (χ2v) is 5.06. The third-order valence-electron chi connectivity index (χ3n) is 2.46. The van der Waals surface area contributed by atoms with E-state index in [9.17, 15) is 0 Å². The fourth-order valence-corrected chi connectivity index (χ4v) is 2.06. The summed E-state index contributed by atoms with van der Waals surface area (Å²) in [5, 5.41) is 4.38. The molecule has 102 valence electrons. The summed E-state index contributed by atoms with van der Waals surface area (Å²) >= 11 is 9.52. The minimum absolute atomic E-state index is 0.341. The molecule has 1 unspecified atom stereocenters. The number of halogens is 2. The third kappa shape index (κ3) is 3.33. The summed E-state index contributed by atoms with van der Waals surface area (Å²) < 4.78 is 11.2. The van der Waals surface area contributed by atoms with Crippen LogP contribution in [0.15, 0.2) is 27.2 Å². The molecule has 0 radical (unpaired) electrons. The summed E-state index contributed by atoms with van der Waals surface area (Å²) in [6.45, 7) is 2.84. The minimum Gasteiger partial charge on any atom is -0.380 e. The van der Waals surface area contributed by atoms with Crippen molar-refractivity contribution in [3.8, 4) is 11.5 Å². The first-order valence-electron chi connectivity index (χ1n) is 5.74. The van der Waals surface area contributed by atoms with Crippen molar-refractivity contribution in [1.29, 1.82) is 0 Å². The Balaban J connectivity index is 2.23. The number of benzene rings is 1. The lowest BCUT2D eigenvalue weighted by molar-refractivity contribution is 0.130. The number of ether oxygens (including phenoxy) is 1. The van der Waals surface area contributed by atoms with Crippen molar-refractivity contribution < 1.29 is 9.26 Å². The minimum atomic E-state index is -0.414. The molecule has 19 heavy (non-hydrogen) atoms. The van der Waals surface area contributed by atoms with E-state index in [4.69, 9.17) is 26.6 Å². The van der Waals surface area contributed by atoms with Gasteiger partial charge in [-0.25, -0.2) is 0 Å². The molecule has 0 amide bonds. The highest BCUT2D eigenvalue weighted by atomic mass is 79.9. The number of nitrogens with zero attached hydrogens (tertiary/aromatic N) is 2. The first-order valence-corrected chi connectivity index (χ1v) is 6.92. The number of aromatic nitrogens is 2. The van der Waals surface area contributed by atoms with Gasteiger partial charge in [-0.15, -0.1) is 0 Å². The molecular formula is C12H13BrClN3O2. The summed E-state index contributed by atoms with van der Waals surface area (Å²) in [5.41, 5.74) is 6.55. The van der Waals surface area contributed by atoms with Crippen molar-refractivity contribution in [3.05, 3.63) is 33.5 Å². The molecule has 7 heteroatoms. The Morgan fingerprint density at radius 1 is 1.53 bits per heavy atom. The first kappa shape index (κ1) is 14.5. The molecule has 1 atom stereocenters. The quantitative estimate of drug-likeness (QED) is 0.900. The van der Waals surface area contributed by atoms with Gasteiger partial charge in [0.05, 0.1) is 23.2 Å². The fourth-order valence-electron chi connectivity index (χ4n) is 1.48. The average Bonchev–Trinajstić information content (AvgIpc) is 2.88. The van der Waals surface area contributed by atoms with Crippen molar-refractivity contribution >= 4 is 27.5 Å². The van der Waals surface area contributed by atoms with E-state index in [2.05, 4.69) is 26.1 Å². The van der Waals surface area contributed by atoms with E-state index in [0.717, 1.165) is 4.47 Å². The molecule has 1 heterocycles. The van der Waals surface area contributed by atoms with Gasteiger partial charge in [0.15, 0.2) is 5.82 Å². The molecular weight excluding hydrogens is 334 g/mol. The van der Waals surface area contributed by atoms with Crippen LogP contribution in [0.5, 0.6) is 0 Å². The van der Waals surface area contributed by atoms with Crippen molar-refractivity contribution in [2.75, 3.05) is 13.2 Å². The van der Waals surface area contributed by atoms with Gasteiger partial charge in [0.1, 0.15) is 0 Å². The van der Waals surface area contributed by atoms with Crippen molar-refractivity contribution in [3.63, 3.8) is 0 Å². The van der Waals surface area contributed by atoms with E-state index in [1.807, 2.05) is 19.1 Å². The highest BCUT2D eigenvalue weighted by Crippen LogP contribution is 2.32. The molecule has 2 aromatic rings. The summed E-state index contributed by atoms with van der Waals surface area (Å²) in [6, 6.07) is 5.07. The van der Waals surface area contributed by atoms with Gasteiger partial charge in [-0.1, -0.05) is 22.8 Å². The lowest BCUT2D eigenvalue weighted by Gasteiger charge is -2.05. The fraction of sp³-hybridized carbons (Fsp3) is 0.333. The van der Waals surface area contributed by atoms with Gasteiger partial charge in [0, 0.05) is 11.1 Å².